The number of benzene rings is 1. The normalized spacial score (nSPS) is 10.2. The Morgan fingerprint density at radius 1 is 1.33 bits per heavy atom. The lowest BCUT2D eigenvalue weighted by atomic mass is 10.1. The zero-order valence-corrected chi connectivity index (χ0v) is 11.7. The highest BCUT2D eigenvalue weighted by Crippen LogP contribution is 2.22. The molecule has 0 saturated carbocycles. The Morgan fingerprint density at radius 2 is 2.14 bits per heavy atom. The number of nitrogens with one attached hydrogen (secondary N) is 2. The largest absolute Gasteiger partial charge is 0.494 e. The van der Waals surface area contributed by atoms with Gasteiger partial charge in [0.1, 0.15) is 11.4 Å². The number of rotatable bonds is 5. The van der Waals surface area contributed by atoms with E-state index in [2.05, 4.69) is 10.3 Å². The maximum absolute atomic E-state index is 12.0. The second-order valence-corrected chi connectivity index (χ2v) is 4.34. The summed E-state index contributed by atoms with van der Waals surface area (Å²) in [5.74, 6) is 0.311. The molecule has 1 heterocycles. The molecule has 0 fully saturated rings. The van der Waals surface area contributed by atoms with Crippen LogP contribution in [-0.2, 0) is 6.54 Å². The summed E-state index contributed by atoms with van der Waals surface area (Å²) in [6.07, 6.45) is 0. The van der Waals surface area contributed by atoms with E-state index in [1.807, 2.05) is 6.92 Å². The summed E-state index contributed by atoms with van der Waals surface area (Å²) in [5, 5.41) is 2.71. The number of hydrogen-bond acceptors (Lipinski definition) is 4. The molecule has 0 saturated heterocycles. The molecule has 110 valence electrons. The number of H-pyrrole nitrogens is 1. The molecule has 2 rings (SSSR count). The molecule has 21 heavy (non-hydrogen) atoms. The number of aromatic amines is 1. The minimum Gasteiger partial charge on any atom is -0.494 e. The maximum atomic E-state index is 12.0. The van der Waals surface area contributed by atoms with E-state index in [1.54, 1.807) is 18.2 Å². The van der Waals surface area contributed by atoms with Crippen LogP contribution in [0.4, 0.5) is 5.69 Å². The van der Waals surface area contributed by atoms with Crippen molar-refractivity contribution in [1.29, 1.82) is 0 Å². The van der Waals surface area contributed by atoms with Gasteiger partial charge in [-0.25, -0.2) is 0 Å². The van der Waals surface area contributed by atoms with Gasteiger partial charge >= 0.3 is 0 Å². The van der Waals surface area contributed by atoms with Gasteiger partial charge in [-0.3, -0.25) is 9.59 Å². The zero-order valence-electron chi connectivity index (χ0n) is 11.7. The second kappa shape index (κ2) is 6.71. The van der Waals surface area contributed by atoms with Crippen molar-refractivity contribution in [2.45, 2.75) is 13.5 Å². The lowest BCUT2D eigenvalue weighted by Crippen LogP contribution is -2.18. The first-order chi connectivity index (χ1) is 10.1. The van der Waals surface area contributed by atoms with Crippen LogP contribution in [0.25, 0.3) is 0 Å². The van der Waals surface area contributed by atoms with Gasteiger partial charge in [-0.15, -0.1) is 0 Å². The predicted octanol–water partition coefficient (Wildman–Crippen LogP) is 1.48. The van der Waals surface area contributed by atoms with Gasteiger partial charge in [0, 0.05) is 23.9 Å². The molecule has 6 nitrogen and oxygen atoms in total. The number of hydrogen-bond donors (Lipinski definition) is 3. The first-order valence-electron chi connectivity index (χ1n) is 6.60. The molecule has 0 spiro atoms. The zero-order chi connectivity index (χ0) is 15.2. The Morgan fingerprint density at radius 3 is 2.81 bits per heavy atom. The van der Waals surface area contributed by atoms with Crippen molar-refractivity contribution < 1.29 is 9.53 Å². The predicted molar refractivity (Wildman–Crippen MR) is 80.5 cm³/mol. The first-order valence-corrected chi connectivity index (χ1v) is 6.60. The van der Waals surface area contributed by atoms with Gasteiger partial charge in [0.2, 0.25) is 5.56 Å². The van der Waals surface area contributed by atoms with E-state index < -0.39 is 0 Å². The van der Waals surface area contributed by atoms with Crippen molar-refractivity contribution >= 4 is 11.6 Å². The topological polar surface area (TPSA) is 97.2 Å². The standard InChI is InChI=1S/C15H17N3O3/c1-2-21-13-7-6-11(8-10(13)9-16)17-15(20)12-4-3-5-14(19)18-12/h3-8H,2,9,16H2,1H3,(H,17,20)(H,18,19). The highest BCUT2D eigenvalue weighted by Gasteiger charge is 2.09. The molecule has 0 aliphatic rings. The summed E-state index contributed by atoms with van der Waals surface area (Å²) in [4.78, 5) is 25.7. The van der Waals surface area contributed by atoms with Gasteiger partial charge in [-0.2, -0.15) is 0 Å². The van der Waals surface area contributed by atoms with E-state index in [4.69, 9.17) is 10.5 Å². The average Bonchev–Trinajstić information content (AvgIpc) is 2.49. The lowest BCUT2D eigenvalue weighted by molar-refractivity contribution is 0.102. The Bertz CT molecular complexity index is 695. The van der Waals surface area contributed by atoms with E-state index >= 15 is 0 Å². The third-order valence-electron chi connectivity index (χ3n) is 2.85. The monoisotopic (exact) mass is 287 g/mol. The number of carbonyl (C=O) groups excluding carboxylic acids is 1. The highest BCUT2D eigenvalue weighted by atomic mass is 16.5. The molecule has 0 unspecified atom stereocenters. The van der Waals surface area contributed by atoms with Crippen LogP contribution in [0.3, 0.4) is 0 Å². The molecular formula is C15H17N3O3. The summed E-state index contributed by atoms with van der Waals surface area (Å²) in [7, 11) is 0. The number of ether oxygens (including phenoxy) is 1. The molecule has 0 bridgehead atoms. The maximum Gasteiger partial charge on any atom is 0.272 e. The number of carbonyl (C=O) groups is 1. The summed E-state index contributed by atoms with van der Waals surface area (Å²) in [6.45, 7) is 2.74. The average molecular weight is 287 g/mol. The summed E-state index contributed by atoms with van der Waals surface area (Å²) < 4.78 is 5.45. The number of anilines is 1. The fourth-order valence-corrected chi connectivity index (χ4v) is 1.89. The van der Waals surface area contributed by atoms with Gasteiger partial charge in [0.05, 0.1) is 6.61 Å². The fraction of sp³-hybridized carbons (Fsp3) is 0.200. The van der Waals surface area contributed by atoms with E-state index in [0.717, 1.165) is 5.56 Å². The van der Waals surface area contributed by atoms with Crippen molar-refractivity contribution in [3.8, 4) is 5.75 Å². The lowest BCUT2D eigenvalue weighted by Gasteiger charge is -2.11. The van der Waals surface area contributed by atoms with Crippen molar-refractivity contribution in [3.05, 3.63) is 58.0 Å². The second-order valence-electron chi connectivity index (χ2n) is 4.34. The first kappa shape index (κ1) is 14.8. The fourth-order valence-electron chi connectivity index (χ4n) is 1.89. The van der Waals surface area contributed by atoms with Crippen molar-refractivity contribution in [2.24, 2.45) is 5.73 Å². The Kier molecular flexibility index (Phi) is 4.73. The van der Waals surface area contributed by atoms with Crippen LogP contribution >= 0.6 is 0 Å². The van der Waals surface area contributed by atoms with Crippen LogP contribution in [-0.4, -0.2) is 17.5 Å². The smallest absolute Gasteiger partial charge is 0.272 e. The minimum absolute atomic E-state index is 0.200. The Labute approximate surface area is 121 Å². The van der Waals surface area contributed by atoms with Crippen LogP contribution in [0.2, 0.25) is 0 Å². The summed E-state index contributed by atoms with van der Waals surface area (Å²) in [6, 6.07) is 9.65. The molecule has 0 aliphatic heterocycles. The molecule has 4 N–H and O–H groups in total. The Hall–Kier alpha value is -2.60. The SMILES string of the molecule is CCOc1ccc(NC(=O)c2cccc(=O)[nH]2)cc1CN. The van der Waals surface area contributed by atoms with Crippen molar-refractivity contribution in [3.63, 3.8) is 0 Å². The molecule has 0 atom stereocenters. The van der Waals surface area contributed by atoms with Crippen molar-refractivity contribution in [2.75, 3.05) is 11.9 Å². The van der Waals surface area contributed by atoms with Gasteiger partial charge < -0.3 is 20.8 Å². The summed E-state index contributed by atoms with van der Waals surface area (Å²) >= 11 is 0. The van der Waals surface area contributed by atoms with Gasteiger partial charge in [0.15, 0.2) is 0 Å². The van der Waals surface area contributed by atoms with Gasteiger partial charge in [0.25, 0.3) is 5.91 Å². The van der Waals surface area contributed by atoms with Crippen LogP contribution in [0.15, 0.2) is 41.2 Å². The Balaban J connectivity index is 2.19. The molecule has 1 aromatic heterocycles. The molecular weight excluding hydrogens is 270 g/mol. The molecule has 1 amide bonds. The molecule has 2 aromatic rings. The van der Waals surface area contributed by atoms with E-state index in [1.165, 1.54) is 18.2 Å². The third kappa shape index (κ3) is 3.70. The van der Waals surface area contributed by atoms with Crippen LogP contribution in [0.1, 0.15) is 23.0 Å². The number of amides is 1. The molecule has 0 radical (unpaired) electrons. The number of pyridine rings is 1. The molecule has 0 aliphatic carbocycles. The van der Waals surface area contributed by atoms with E-state index in [9.17, 15) is 9.59 Å². The van der Waals surface area contributed by atoms with Crippen LogP contribution in [0.5, 0.6) is 5.75 Å². The van der Waals surface area contributed by atoms with Gasteiger partial charge in [-0.05, 0) is 31.2 Å². The molecule has 1 aromatic carbocycles. The highest BCUT2D eigenvalue weighted by molar-refractivity contribution is 6.02. The number of aromatic nitrogens is 1. The van der Waals surface area contributed by atoms with Crippen LogP contribution in [0, 0.1) is 0 Å². The minimum atomic E-state index is -0.389. The van der Waals surface area contributed by atoms with E-state index in [0.29, 0.717) is 24.6 Å². The third-order valence-corrected chi connectivity index (χ3v) is 2.85. The number of nitrogens with two attached hydrogens (primary N) is 1. The van der Waals surface area contributed by atoms with Gasteiger partial charge in [-0.1, -0.05) is 6.07 Å². The van der Waals surface area contributed by atoms with E-state index in [-0.39, 0.29) is 17.2 Å². The quantitative estimate of drug-likeness (QED) is 0.776. The summed E-state index contributed by atoms with van der Waals surface area (Å²) in [5.41, 5.74) is 6.94. The van der Waals surface area contributed by atoms with Crippen LogP contribution < -0.4 is 21.3 Å². The molecule has 6 heteroatoms. The van der Waals surface area contributed by atoms with Crippen molar-refractivity contribution in [1.82, 2.24) is 4.98 Å².